The SMILES string of the molecule is CCC(=O)C(=O)Oc1cn(Cc2ccc(C(C)(C)C)cc2)c2cc(-c3ccc(OC(F)(F)F)cc3)ccc12. The Morgan fingerprint density at radius 2 is 1.50 bits per heavy atom. The monoisotopic (exact) mass is 523 g/mol. The standard InChI is InChI=1S/C30H28F3NO4/c1-5-26(35)28(36)37-27-18-34(17-19-6-11-22(12-7-19)29(2,3)4)25-16-21(10-15-24(25)27)20-8-13-23(14-9-20)38-30(31,32)33/h6-16,18H,5,17H2,1-4H3. The average molecular weight is 524 g/mol. The Morgan fingerprint density at radius 3 is 2.08 bits per heavy atom. The highest BCUT2D eigenvalue weighted by molar-refractivity contribution is 6.34. The predicted molar refractivity (Wildman–Crippen MR) is 139 cm³/mol. The molecule has 0 saturated heterocycles. The highest BCUT2D eigenvalue weighted by Crippen LogP contribution is 2.34. The van der Waals surface area contributed by atoms with Crippen LogP contribution in [0.2, 0.25) is 0 Å². The number of carbonyl (C=O) groups excluding carboxylic acids is 2. The van der Waals surface area contributed by atoms with E-state index >= 15 is 0 Å². The summed E-state index contributed by atoms with van der Waals surface area (Å²) >= 11 is 0. The number of nitrogens with zero attached hydrogens (tertiary/aromatic N) is 1. The Bertz CT molecular complexity index is 1460. The van der Waals surface area contributed by atoms with Gasteiger partial charge < -0.3 is 14.0 Å². The third-order valence-electron chi connectivity index (χ3n) is 6.19. The van der Waals surface area contributed by atoms with Gasteiger partial charge in [-0.2, -0.15) is 0 Å². The van der Waals surface area contributed by atoms with Gasteiger partial charge in [-0.1, -0.05) is 70.2 Å². The Kier molecular flexibility index (Phi) is 7.35. The lowest BCUT2D eigenvalue weighted by Crippen LogP contribution is -2.19. The summed E-state index contributed by atoms with van der Waals surface area (Å²) in [5, 5.41) is 0.634. The molecule has 5 nitrogen and oxygen atoms in total. The summed E-state index contributed by atoms with van der Waals surface area (Å²) in [5.41, 5.74) is 4.42. The molecule has 8 heteroatoms. The number of esters is 1. The first-order valence-corrected chi connectivity index (χ1v) is 12.2. The van der Waals surface area contributed by atoms with Crippen molar-refractivity contribution in [2.75, 3.05) is 0 Å². The quantitative estimate of drug-likeness (QED) is 0.187. The number of hydrogen-bond acceptors (Lipinski definition) is 4. The summed E-state index contributed by atoms with van der Waals surface area (Å²) < 4.78 is 48.9. The fourth-order valence-corrected chi connectivity index (χ4v) is 4.11. The number of fused-ring (bicyclic) bond motifs is 1. The van der Waals surface area contributed by atoms with Crippen LogP contribution in [0.5, 0.6) is 11.5 Å². The molecule has 4 rings (SSSR count). The van der Waals surface area contributed by atoms with Gasteiger partial charge in [0, 0.05) is 24.5 Å². The van der Waals surface area contributed by atoms with E-state index in [1.165, 1.54) is 17.7 Å². The van der Waals surface area contributed by atoms with Gasteiger partial charge in [0.05, 0.1) is 5.52 Å². The Hall–Kier alpha value is -4.07. The van der Waals surface area contributed by atoms with Crippen molar-refractivity contribution >= 4 is 22.7 Å². The molecule has 3 aromatic carbocycles. The average Bonchev–Trinajstić information content (AvgIpc) is 3.18. The molecule has 198 valence electrons. The van der Waals surface area contributed by atoms with Gasteiger partial charge >= 0.3 is 12.3 Å². The van der Waals surface area contributed by atoms with Crippen LogP contribution in [0.15, 0.2) is 72.9 Å². The topological polar surface area (TPSA) is 57.5 Å². The molecule has 0 aliphatic heterocycles. The van der Waals surface area contributed by atoms with Gasteiger partial charge in [-0.15, -0.1) is 13.2 Å². The molecule has 4 aromatic rings. The van der Waals surface area contributed by atoms with Crippen LogP contribution in [0.4, 0.5) is 13.2 Å². The molecule has 0 amide bonds. The lowest BCUT2D eigenvalue weighted by Gasteiger charge is -2.19. The second kappa shape index (κ2) is 10.4. The number of ether oxygens (including phenoxy) is 2. The summed E-state index contributed by atoms with van der Waals surface area (Å²) in [6.45, 7) is 8.49. The van der Waals surface area contributed by atoms with E-state index in [4.69, 9.17) is 4.74 Å². The predicted octanol–water partition coefficient (Wildman–Crippen LogP) is 7.44. The van der Waals surface area contributed by atoms with Crippen molar-refractivity contribution in [1.82, 2.24) is 4.57 Å². The van der Waals surface area contributed by atoms with Crippen LogP contribution in [0, 0.1) is 0 Å². The molecular formula is C30H28F3NO4. The van der Waals surface area contributed by atoms with Gasteiger partial charge in [-0.3, -0.25) is 4.79 Å². The lowest BCUT2D eigenvalue weighted by atomic mass is 9.87. The zero-order valence-corrected chi connectivity index (χ0v) is 21.6. The van der Waals surface area contributed by atoms with Crippen molar-refractivity contribution in [3.05, 3.63) is 84.1 Å². The minimum Gasteiger partial charge on any atom is -0.418 e. The van der Waals surface area contributed by atoms with E-state index < -0.39 is 18.1 Å². The molecule has 0 radical (unpaired) electrons. The van der Waals surface area contributed by atoms with Crippen molar-refractivity contribution in [3.8, 4) is 22.6 Å². The van der Waals surface area contributed by atoms with Gasteiger partial charge in [-0.25, -0.2) is 4.79 Å². The Morgan fingerprint density at radius 1 is 0.868 bits per heavy atom. The summed E-state index contributed by atoms with van der Waals surface area (Å²) in [4.78, 5) is 24.1. The van der Waals surface area contributed by atoms with E-state index in [0.29, 0.717) is 17.5 Å². The smallest absolute Gasteiger partial charge is 0.418 e. The third kappa shape index (κ3) is 6.25. The maximum atomic E-state index is 12.5. The van der Waals surface area contributed by atoms with Crippen molar-refractivity contribution in [1.29, 1.82) is 0 Å². The Balaban J connectivity index is 1.72. The molecule has 1 aromatic heterocycles. The molecular weight excluding hydrogens is 495 g/mol. The van der Waals surface area contributed by atoms with E-state index in [1.807, 2.05) is 22.8 Å². The van der Waals surface area contributed by atoms with Gasteiger partial charge in [0.1, 0.15) is 5.75 Å². The number of aromatic nitrogens is 1. The van der Waals surface area contributed by atoms with Crippen molar-refractivity contribution in [3.63, 3.8) is 0 Å². The van der Waals surface area contributed by atoms with Crippen LogP contribution in [-0.2, 0) is 21.5 Å². The summed E-state index contributed by atoms with van der Waals surface area (Å²) in [6, 6.07) is 19.3. The number of alkyl halides is 3. The summed E-state index contributed by atoms with van der Waals surface area (Å²) in [6.07, 6.45) is -3.04. The van der Waals surface area contributed by atoms with Crippen LogP contribution in [0.3, 0.4) is 0 Å². The number of ketones is 1. The minimum absolute atomic E-state index is 0.0153. The number of rotatable bonds is 7. The number of benzene rings is 3. The van der Waals surface area contributed by atoms with Gasteiger partial charge in [0.25, 0.3) is 0 Å². The Labute approximate surface area is 218 Å². The van der Waals surface area contributed by atoms with Crippen molar-refractivity contribution in [2.45, 2.75) is 52.4 Å². The molecule has 0 fully saturated rings. The molecule has 0 aliphatic carbocycles. The van der Waals surface area contributed by atoms with E-state index in [2.05, 4.69) is 37.6 Å². The van der Waals surface area contributed by atoms with E-state index in [-0.39, 0.29) is 23.3 Å². The zero-order valence-electron chi connectivity index (χ0n) is 21.6. The molecule has 0 N–H and O–H groups in total. The summed E-state index contributed by atoms with van der Waals surface area (Å²) in [5.74, 6) is -1.59. The molecule has 0 unspecified atom stereocenters. The molecule has 38 heavy (non-hydrogen) atoms. The van der Waals surface area contributed by atoms with Crippen LogP contribution >= 0.6 is 0 Å². The zero-order chi connectivity index (χ0) is 27.7. The minimum atomic E-state index is -4.76. The summed E-state index contributed by atoms with van der Waals surface area (Å²) in [7, 11) is 0. The second-order valence-electron chi connectivity index (χ2n) is 10.0. The van der Waals surface area contributed by atoms with E-state index in [0.717, 1.165) is 16.6 Å². The maximum absolute atomic E-state index is 12.5. The van der Waals surface area contributed by atoms with Gasteiger partial charge in [-0.05, 0) is 51.9 Å². The van der Waals surface area contributed by atoms with E-state index in [9.17, 15) is 22.8 Å². The maximum Gasteiger partial charge on any atom is 0.573 e. The van der Waals surface area contributed by atoms with E-state index in [1.54, 1.807) is 37.4 Å². The molecule has 0 spiro atoms. The number of Topliss-reactive ketones (excluding diaryl/α,β-unsaturated/α-hetero) is 1. The molecule has 0 aliphatic rings. The molecule has 0 atom stereocenters. The van der Waals surface area contributed by atoms with Crippen LogP contribution in [0.25, 0.3) is 22.0 Å². The lowest BCUT2D eigenvalue weighted by molar-refractivity contribution is -0.274. The number of carbonyl (C=O) groups is 2. The first kappa shape index (κ1) is 27.0. The second-order valence-corrected chi connectivity index (χ2v) is 10.0. The fraction of sp³-hybridized carbons (Fsp3) is 0.267. The third-order valence-corrected chi connectivity index (χ3v) is 6.19. The first-order valence-electron chi connectivity index (χ1n) is 12.2. The highest BCUT2D eigenvalue weighted by Gasteiger charge is 2.31. The highest BCUT2D eigenvalue weighted by atomic mass is 19.4. The number of halogens is 3. The molecule has 1 heterocycles. The molecule has 0 saturated carbocycles. The van der Waals surface area contributed by atoms with Crippen molar-refractivity contribution < 1.29 is 32.2 Å². The largest absolute Gasteiger partial charge is 0.573 e. The first-order chi connectivity index (χ1) is 17.8. The van der Waals surface area contributed by atoms with Crippen LogP contribution in [-0.4, -0.2) is 22.7 Å². The van der Waals surface area contributed by atoms with Gasteiger partial charge in [0.2, 0.25) is 5.78 Å². The van der Waals surface area contributed by atoms with Crippen molar-refractivity contribution in [2.24, 2.45) is 0 Å². The normalized spacial score (nSPS) is 12.0. The van der Waals surface area contributed by atoms with Crippen LogP contribution in [0.1, 0.15) is 45.2 Å². The fourth-order valence-electron chi connectivity index (χ4n) is 4.11. The number of hydrogen-bond donors (Lipinski definition) is 0. The van der Waals surface area contributed by atoms with Gasteiger partial charge in [0.15, 0.2) is 5.75 Å². The molecule has 0 bridgehead atoms. The van der Waals surface area contributed by atoms with Crippen LogP contribution < -0.4 is 9.47 Å².